The van der Waals surface area contributed by atoms with Gasteiger partial charge >= 0.3 is 6.09 Å². The first-order valence-electron chi connectivity index (χ1n) is 12.1. The summed E-state index contributed by atoms with van der Waals surface area (Å²) < 4.78 is 11.7. The van der Waals surface area contributed by atoms with Gasteiger partial charge in [0.1, 0.15) is 12.4 Å². The van der Waals surface area contributed by atoms with E-state index in [9.17, 15) is 4.79 Å². The Morgan fingerprint density at radius 3 is 2.37 bits per heavy atom. The van der Waals surface area contributed by atoms with Crippen molar-refractivity contribution in [2.45, 2.75) is 77.4 Å². The minimum Gasteiger partial charge on any atom is -0.489 e. The number of nitrogens with zero attached hydrogens (tertiary/aromatic N) is 3. The van der Waals surface area contributed by atoms with Crippen LogP contribution in [-0.2, 0) is 9.53 Å². The Bertz CT molecular complexity index is 892. The molecule has 10 heteroatoms. The van der Waals surface area contributed by atoms with Crippen molar-refractivity contribution >= 4 is 18.3 Å². The van der Waals surface area contributed by atoms with Gasteiger partial charge < -0.3 is 30.2 Å². The Labute approximate surface area is 208 Å². The second-order valence-corrected chi connectivity index (χ2v) is 9.86. The van der Waals surface area contributed by atoms with Crippen molar-refractivity contribution in [3.05, 3.63) is 29.2 Å². The second-order valence-electron chi connectivity index (χ2n) is 9.86. The average Bonchev–Trinajstić information content (AvgIpc) is 2.79. The van der Waals surface area contributed by atoms with Gasteiger partial charge in [0.15, 0.2) is 0 Å². The lowest BCUT2D eigenvalue weighted by atomic mass is 9.70. The predicted molar refractivity (Wildman–Crippen MR) is 134 cm³/mol. The lowest BCUT2D eigenvalue weighted by Gasteiger charge is -2.49. The number of hydrogen-bond donors (Lipinski definition) is 3. The highest BCUT2D eigenvalue weighted by atomic mass is 16.6. The summed E-state index contributed by atoms with van der Waals surface area (Å²) in [5.74, 6) is 7.41. The van der Waals surface area contributed by atoms with Gasteiger partial charge in [-0.25, -0.2) is 15.6 Å². The molecule has 1 aromatic rings. The van der Waals surface area contributed by atoms with Crippen molar-refractivity contribution in [2.24, 2.45) is 17.5 Å². The molecule has 0 aromatic carbocycles. The largest absolute Gasteiger partial charge is 0.489 e. The van der Waals surface area contributed by atoms with Crippen LogP contribution in [0.5, 0.6) is 5.75 Å². The van der Waals surface area contributed by atoms with Crippen molar-refractivity contribution < 1.29 is 24.2 Å². The van der Waals surface area contributed by atoms with E-state index in [1.165, 1.54) is 24.3 Å². The quantitative estimate of drug-likeness (QED) is 0.296. The van der Waals surface area contributed by atoms with Crippen LogP contribution in [0.2, 0.25) is 0 Å². The van der Waals surface area contributed by atoms with E-state index in [2.05, 4.69) is 18.8 Å². The molecule has 2 aliphatic carbocycles. The number of carbonyl (C=O) groups excluding carboxylic acids is 1. The van der Waals surface area contributed by atoms with E-state index in [0.717, 1.165) is 37.1 Å². The van der Waals surface area contributed by atoms with Crippen LogP contribution in [-0.4, -0.2) is 64.9 Å². The first-order chi connectivity index (χ1) is 16.5. The third kappa shape index (κ3) is 7.48. The van der Waals surface area contributed by atoms with Gasteiger partial charge in [0.2, 0.25) is 0 Å². The minimum absolute atomic E-state index is 0.0330. The van der Waals surface area contributed by atoms with Crippen LogP contribution in [0.4, 0.5) is 4.79 Å². The Kier molecular flexibility index (Phi) is 10.2. The number of carbonyl (C=O) groups is 2. The van der Waals surface area contributed by atoms with Crippen molar-refractivity contribution in [2.75, 3.05) is 20.7 Å². The van der Waals surface area contributed by atoms with Crippen LogP contribution >= 0.6 is 0 Å². The third-order valence-corrected chi connectivity index (χ3v) is 6.89. The minimum atomic E-state index is -0.382. The molecular weight excluding hydrogens is 450 g/mol. The molecule has 2 fully saturated rings. The molecule has 5 N–H and O–H groups in total. The number of hydrogen-bond acceptors (Lipinski definition) is 8. The lowest BCUT2D eigenvalue weighted by molar-refractivity contribution is -0.122. The van der Waals surface area contributed by atoms with Crippen molar-refractivity contribution in [1.29, 1.82) is 0 Å². The zero-order valence-corrected chi connectivity index (χ0v) is 21.6. The summed E-state index contributed by atoms with van der Waals surface area (Å²) >= 11 is 0. The lowest BCUT2D eigenvalue weighted by Crippen LogP contribution is -2.55. The molecule has 2 aliphatic rings. The zero-order chi connectivity index (χ0) is 26.2. The molecule has 196 valence electrons. The maximum atomic E-state index is 12.6. The fourth-order valence-electron chi connectivity index (χ4n) is 4.87. The molecule has 35 heavy (non-hydrogen) atoms. The monoisotopic (exact) mass is 491 g/mol. The van der Waals surface area contributed by atoms with Crippen LogP contribution in [0.25, 0.3) is 5.70 Å². The van der Waals surface area contributed by atoms with Gasteiger partial charge in [-0.2, -0.15) is 0 Å². The van der Waals surface area contributed by atoms with E-state index in [1.807, 2.05) is 19.1 Å². The van der Waals surface area contributed by atoms with E-state index < -0.39 is 0 Å². The van der Waals surface area contributed by atoms with E-state index >= 15 is 0 Å². The van der Waals surface area contributed by atoms with Crippen LogP contribution < -0.4 is 16.3 Å². The fourth-order valence-corrected chi connectivity index (χ4v) is 4.87. The Morgan fingerprint density at radius 2 is 1.86 bits per heavy atom. The topological polar surface area (TPSA) is 144 Å². The van der Waals surface area contributed by atoms with Crippen LogP contribution in [0.15, 0.2) is 17.8 Å². The van der Waals surface area contributed by atoms with Crippen molar-refractivity contribution in [3.63, 3.8) is 0 Å². The summed E-state index contributed by atoms with van der Waals surface area (Å²) in [6.45, 7) is 5.90. The van der Waals surface area contributed by atoms with Gasteiger partial charge in [-0.3, -0.25) is 4.79 Å². The fraction of sp³-hybridized carbons (Fsp3) is 0.640. The van der Waals surface area contributed by atoms with E-state index in [-0.39, 0.29) is 30.8 Å². The Balaban J connectivity index is 0.00000137. The number of likely N-dealkylation sites (N-methyl/N-ethyl adjacent to an activating group) is 1. The smallest absolute Gasteiger partial charge is 0.410 e. The van der Waals surface area contributed by atoms with Crippen molar-refractivity contribution in [1.82, 2.24) is 14.9 Å². The van der Waals surface area contributed by atoms with E-state index in [1.54, 1.807) is 19.0 Å². The standard InChI is InChI=1S/C24H39N5O3.CH2O2/c1-16-13-24(3,14-16)28(4)23(30)31-15-20(29(5)26)22(25)19-11-12-21(17(2)27-19)32-18-9-7-6-8-10-18;2-1-3/h11-12,16,18H,6-10,13-15,25-26H2,1-5H3;1H,(H,2,3)/b22-20-;. The van der Waals surface area contributed by atoms with E-state index in [0.29, 0.717) is 23.0 Å². The number of aryl methyl sites for hydroxylation is 1. The number of amides is 1. The summed E-state index contributed by atoms with van der Waals surface area (Å²) in [6, 6.07) is 3.74. The summed E-state index contributed by atoms with van der Waals surface area (Å²) in [6.07, 6.45) is 7.69. The molecule has 0 bridgehead atoms. The van der Waals surface area contributed by atoms with E-state index in [4.69, 9.17) is 31.0 Å². The summed E-state index contributed by atoms with van der Waals surface area (Å²) in [5, 5.41) is 8.26. The third-order valence-electron chi connectivity index (χ3n) is 6.89. The molecule has 0 atom stereocenters. The van der Waals surface area contributed by atoms with Gasteiger partial charge in [0, 0.05) is 19.6 Å². The van der Waals surface area contributed by atoms with Crippen LogP contribution in [0.3, 0.4) is 0 Å². The predicted octanol–water partition coefficient (Wildman–Crippen LogP) is 3.49. The highest BCUT2D eigenvalue weighted by Gasteiger charge is 2.43. The molecular formula is C25H41N5O5. The number of carboxylic acid groups (broad SMARTS) is 1. The summed E-state index contributed by atoms with van der Waals surface area (Å²) in [7, 11) is 3.45. The number of rotatable bonds is 7. The van der Waals surface area contributed by atoms with Gasteiger partial charge in [-0.05, 0) is 70.4 Å². The molecule has 3 rings (SSSR count). The van der Waals surface area contributed by atoms with Gasteiger partial charge in [0.25, 0.3) is 6.47 Å². The summed E-state index contributed by atoms with van der Waals surface area (Å²) in [4.78, 5) is 27.3. The van der Waals surface area contributed by atoms with Crippen LogP contribution in [0, 0.1) is 12.8 Å². The maximum absolute atomic E-state index is 12.6. The van der Waals surface area contributed by atoms with Gasteiger partial charge in [0.05, 0.1) is 28.9 Å². The normalized spacial score (nSPS) is 22.5. The number of ether oxygens (including phenoxy) is 2. The molecule has 0 aliphatic heterocycles. The number of nitrogens with two attached hydrogens (primary N) is 2. The molecule has 1 amide bonds. The molecule has 1 aromatic heterocycles. The van der Waals surface area contributed by atoms with Crippen LogP contribution in [0.1, 0.15) is 70.2 Å². The highest BCUT2D eigenvalue weighted by molar-refractivity contribution is 5.70. The second kappa shape index (κ2) is 12.6. The van der Waals surface area contributed by atoms with Crippen molar-refractivity contribution in [3.8, 4) is 5.75 Å². The highest BCUT2D eigenvalue weighted by Crippen LogP contribution is 2.41. The van der Waals surface area contributed by atoms with Gasteiger partial charge in [-0.15, -0.1) is 0 Å². The number of aromatic nitrogens is 1. The number of hydrazine groups is 1. The summed E-state index contributed by atoms with van der Waals surface area (Å²) in [5.41, 5.74) is 8.46. The molecule has 2 saturated carbocycles. The Morgan fingerprint density at radius 1 is 1.26 bits per heavy atom. The van der Waals surface area contributed by atoms with Gasteiger partial charge in [-0.1, -0.05) is 13.3 Å². The molecule has 0 saturated heterocycles. The SMILES string of the molecule is Cc1nc(/C(N)=C(\COC(=O)N(C)C2(C)CC(C)C2)N(C)N)ccc1OC1CCCCC1.O=CO. The Hall–Kier alpha value is -3.01. The first-order valence-corrected chi connectivity index (χ1v) is 12.1. The molecule has 0 radical (unpaired) electrons. The molecule has 0 spiro atoms. The number of pyridine rings is 1. The molecule has 1 heterocycles. The first kappa shape index (κ1) is 28.2. The zero-order valence-electron chi connectivity index (χ0n) is 21.6. The average molecular weight is 492 g/mol. The molecule has 0 unspecified atom stereocenters. The maximum Gasteiger partial charge on any atom is 0.410 e. The molecule has 10 nitrogen and oxygen atoms in total.